The van der Waals surface area contributed by atoms with Gasteiger partial charge in [0.1, 0.15) is 5.15 Å². The van der Waals surface area contributed by atoms with Gasteiger partial charge in [0.05, 0.1) is 22.3 Å². The molecular formula is C13H11Cl2N3O. The molecule has 0 saturated carbocycles. The van der Waals surface area contributed by atoms with Gasteiger partial charge in [0, 0.05) is 12.4 Å². The molecule has 0 fully saturated rings. The molecule has 1 N–H and O–H groups in total. The molecule has 0 saturated heterocycles. The van der Waals surface area contributed by atoms with Gasteiger partial charge in [-0.15, -0.1) is 0 Å². The molecule has 0 aliphatic heterocycles. The van der Waals surface area contributed by atoms with Crippen LogP contribution in [0.3, 0.4) is 0 Å². The maximum absolute atomic E-state index is 12.0. The second-order valence-electron chi connectivity index (χ2n) is 3.95. The molecule has 0 aliphatic carbocycles. The van der Waals surface area contributed by atoms with Crippen molar-refractivity contribution in [3.05, 3.63) is 58.1 Å². The van der Waals surface area contributed by atoms with Crippen LogP contribution in [-0.4, -0.2) is 15.9 Å². The molecule has 2 aromatic heterocycles. The largest absolute Gasteiger partial charge is 0.344 e. The molecular weight excluding hydrogens is 285 g/mol. The SMILES string of the molecule is CC(NC(=O)c1cnc(Cl)c(Cl)c1)c1ccccn1. The highest BCUT2D eigenvalue weighted by atomic mass is 35.5. The standard InChI is InChI=1S/C13H11Cl2N3O/c1-8(11-4-2-3-5-16-11)18-13(19)9-6-10(14)12(15)17-7-9/h2-8H,1H3,(H,18,19). The monoisotopic (exact) mass is 295 g/mol. The van der Waals surface area contributed by atoms with E-state index in [1.54, 1.807) is 6.20 Å². The lowest BCUT2D eigenvalue weighted by atomic mass is 10.2. The number of halogens is 2. The molecule has 2 rings (SSSR count). The Kier molecular flexibility index (Phi) is 4.35. The van der Waals surface area contributed by atoms with Crippen LogP contribution in [0.25, 0.3) is 0 Å². The second-order valence-corrected chi connectivity index (χ2v) is 4.71. The van der Waals surface area contributed by atoms with Gasteiger partial charge < -0.3 is 5.32 Å². The highest BCUT2D eigenvalue weighted by Crippen LogP contribution is 2.20. The molecule has 1 amide bonds. The van der Waals surface area contributed by atoms with E-state index in [9.17, 15) is 4.79 Å². The summed E-state index contributed by atoms with van der Waals surface area (Å²) in [4.78, 5) is 20.0. The van der Waals surface area contributed by atoms with E-state index in [4.69, 9.17) is 23.2 Å². The summed E-state index contributed by atoms with van der Waals surface area (Å²) in [5.41, 5.74) is 1.14. The van der Waals surface area contributed by atoms with Crippen molar-refractivity contribution in [1.82, 2.24) is 15.3 Å². The molecule has 98 valence electrons. The number of amides is 1. The van der Waals surface area contributed by atoms with E-state index >= 15 is 0 Å². The van der Waals surface area contributed by atoms with Crippen LogP contribution in [-0.2, 0) is 0 Å². The highest BCUT2D eigenvalue weighted by Gasteiger charge is 2.13. The summed E-state index contributed by atoms with van der Waals surface area (Å²) in [6.07, 6.45) is 3.06. The number of carbonyl (C=O) groups excluding carboxylic acids is 1. The molecule has 0 aliphatic rings. The summed E-state index contributed by atoms with van der Waals surface area (Å²) in [6.45, 7) is 1.85. The smallest absolute Gasteiger partial charge is 0.253 e. The van der Waals surface area contributed by atoms with Crippen LogP contribution in [0.2, 0.25) is 10.2 Å². The molecule has 0 spiro atoms. The topological polar surface area (TPSA) is 54.9 Å². The Labute approximate surface area is 120 Å². The van der Waals surface area contributed by atoms with Crippen molar-refractivity contribution in [1.29, 1.82) is 0 Å². The Morgan fingerprint density at radius 3 is 2.74 bits per heavy atom. The van der Waals surface area contributed by atoms with Crippen LogP contribution in [0.1, 0.15) is 29.0 Å². The Hall–Kier alpha value is -1.65. The maximum atomic E-state index is 12.0. The van der Waals surface area contributed by atoms with E-state index in [1.807, 2.05) is 25.1 Å². The summed E-state index contributed by atoms with van der Waals surface area (Å²) >= 11 is 11.5. The minimum absolute atomic E-state index is 0.177. The van der Waals surface area contributed by atoms with Gasteiger partial charge in [-0.1, -0.05) is 29.3 Å². The zero-order valence-electron chi connectivity index (χ0n) is 10.1. The molecule has 0 radical (unpaired) electrons. The van der Waals surface area contributed by atoms with Gasteiger partial charge in [0.2, 0.25) is 0 Å². The van der Waals surface area contributed by atoms with E-state index < -0.39 is 0 Å². The number of pyridine rings is 2. The molecule has 4 nitrogen and oxygen atoms in total. The van der Waals surface area contributed by atoms with E-state index in [0.717, 1.165) is 5.69 Å². The van der Waals surface area contributed by atoms with Gasteiger partial charge >= 0.3 is 0 Å². The van der Waals surface area contributed by atoms with Crippen LogP contribution in [0.4, 0.5) is 0 Å². The predicted octanol–water partition coefficient (Wildman–Crippen LogP) is 3.27. The van der Waals surface area contributed by atoms with Gasteiger partial charge in [-0.3, -0.25) is 9.78 Å². The quantitative estimate of drug-likeness (QED) is 0.884. The molecule has 0 bridgehead atoms. The van der Waals surface area contributed by atoms with Crippen molar-refractivity contribution >= 4 is 29.1 Å². The van der Waals surface area contributed by atoms with E-state index in [2.05, 4.69) is 15.3 Å². The zero-order valence-corrected chi connectivity index (χ0v) is 11.6. The predicted molar refractivity (Wildman–Crippen MR) is 74.4 cm³/mol. The molecule has 2 heterocycles. The van der Waals surface area contributed by atoms with Crippen molar-refractivity contribution in [2.45, 2.75) is 13.0 Å². The number of hydrogen-bond donors (Lipinski definition) is 1. The van der Waals surface area contributed by atoms with Crippen molar-refractivity contribution in [3.8, 4) is 0 Å². The Morgan fingerprint density at radius 1 is 1.32 bits per heavy atom. The van der Waals surface area contributed by atoms with Gasteiger partial charge in [-0.05, 0) is 25.1 Å². The summed E-state index contributed by atoms with van der Waals surface area (Å²) in [6, 6.07) is 6.81. The van der Waals surface area contributed by atoms with Crippen molar-refractivity contribution in [2.24, 2.45) is 0 Å². The molecule has 1 atom stereocenters. The molecule has 19 heavy (non-hydrogen) atoms. The number of aromatic nitrogens is 2. The number of nitrogens with one attached hydrogen (secondary N) is 1. The number of carbonyl (C=O) groups is 1. The number of nitrogens with zero attached hydrogens (tertiary/aromatic N) is 2. The van der Waals surface area contributed by atoms with Gasteiger partial charge in [0.25, 0.3) is 5.91 Å². The minimum Gasteiger partial charge on any atom is -0.344 e. The maximum Gasteiger partial charge on any atom is 0.253 e. The third-order valence-electron chi connectivity index (χ3n) is 2.54. The first-order valence-corrected chi connectivity index (χ1v) is 6.36. The minimum atomic E-state index is -0.274. The highest BCUT2D eigenvalue weighted by molar-refractivity contribution is 6.41. The summed E-state index contributed by atoms with van der Waals surface area (Å²) in [5.74, 6) is -0.274. The van der Waals surface area contributed by atoms with E-state index in [1.165, 1.54) is 12.3 Å². The van der Waals surface area contributed by atoms with E-state index in [0.29, 0.717) is 5.56 Å². The van der Waals surface area contributed by atoms with Crippen molar-refractivity contribution < 1.29 is 4.79 Å². The third kappa shape index (κ3) is 3.43. The first-order chi connectivity index (χ1) is 9.08. The second kappa shape index (κ2) is 5.99. The fourth-order valence-electron chi connectivity index (χ4n) is 1.53. The van der Waals surface area contributed by atoms with Crippen LogP contribution in [0.5, 0.6) is 0 Å². The zero-order chi connectivity index (χ0) is 13.8. The average Bonchev–Trinajstić information content (AvgIpc) is 2.42. The number of rotatable bonds is 3. The lowest BCUT2D eigenvalue weighted by molar-refractivity contribution is 0.0939. The van der Waals surface area contributed by atoms with Gasteiger partial charge in [-0.2, -0.15) is 0 Å². The molecule has 6 heteroatoms. The number of hydrogen-bond acceptors (Lipinski definition) is 3. The van der Waals surface area contributed by atoms with Crippen molar-refractivity contribution in [3.63, 3.8) is 0 Å². The lowest BCUT2D eigenvalue weighted by Gasteiger charge is -2.13. The van der Waals surface area contributed by atoms with Crippen LogP contribution >= 0.6 is 23.2 Å². The fourth-order valence-corrected chi connectivity index (χ4v) is 1.80. The summed E-state index contributed by atoms with van der Waals surface area (Å²) < 4.78 is 0. The first kappa shape index (κ1) is 13.8. The summed E-state index contributed by atoms with van der Waals surface area (Å²) in [5, 5.41) is 3.24. The van der Waals surface area contributed by atoms with E-state index in [-0.39, 0.29) is 22.1 Å². The van der Waals surface area contributed by atoms with Crippen LogP contribution in [0.15, 0.2) is 36.7 Å². The third-order valence-corrected chi connectivity index (χ3v) is 3.22. The van der Waals surface area contributed by atoms with Crippen molar-refractivity contribution in [2.75, 3.05) is 0 Å². The Balaban J connectivity index is 2.11. The lowest BCUT2D eigenvalue weighted by Crippen LogP contribution is -2.27. The average molecular weight is 296 g/mol. The summed E-state index contributed by atoms with van der Waals surface area (Å²) in [7, 11) is 0. The fraction of sp³-hybridized carbons (Fsp3) is 0.154. The van der Waals surface area contributed by atoms with Gasteiger partial charge in [-0.25, -0.2) is 4.98 Å². The first-order valence-electron chi connectivity index (χ1n) is 5.61. The van der Waals surface area contributed by atoms with Crippen LogP contribution < -0.4 is 5.32 Å². The van der Waals surface area contributed by atoms with Gasteiger partial charge in [0.15, 0.2) is 0 Å². The normalized spacial score (nSPS) is 11.9. The molecule has 0 aromatic carbocycles. The molecule has 2 aromatic rings. The Bertz CT molecular complexity index is 590. The Morgan fingerprint density at radius 2 is 2.11 bits per heavy atom. The van der Waals surface area contributed by atoms with Crippen LogP contribution in [0, 0.1) is 0 Å². The molecule has 1 unspecified atom stereocenters.